The Balaban J connectivity index is 1.43. The van der Waals surface area contributed by atoms with Gasteiger partial charge in [-0.1, -0.05) is 23.8 Å². The second-order valence-electron chi connectivity index (χ2n) is 9.30. The number of piperidine rings is 1. The van der Waals surface area contributed by atoms with Crippen LogP contribution < -0.4 is 15.8 Å². The smallest absolute Gasteiger partial charge is 0.255 e. The van der Waals surface area contributed by atoms with Crippen molar-refractivity contribution in [1.82, 2.24) is 15.1 Å². The standard InChI is InChI=1S/C27H39ClN4O4/c1-3-5-6-7-8-26(33)32-11-9-20(10-12-32)18-31-13-14-36-21(19-31)17-30-27(34)22-15-23(28)24(29)16-25(22)35-4-2/h3,7-8,15-16,20-21H,1,4-6,9-14,17-19,29H2,2H3,(H,30,34)/b8-7+. The number of hydrogen-bond acceptors (Lipinski definition) is 6. The van der Waals surface area contributed by atoms with Crippen molar-refractivity contribution >= 4 is 29.1 Å². The number of nitrogens with zero attached hydrogens (tertiary/aromatic N) is 2. The first-order valence-corrected chi connectivity index (χ1v) is 13.2. The Morgan fingerprint density at radius 2 is 2.06 bits per heavy atom. The van der Waals surface area contributed by atoms with Crippen LogP contribution in [0.4, 0.5) is 5.69 Å². The van der Waals surface area contributed by atoms with Crippen molar-refractivity contribution in [3.05, 3.63) is 47.5 Å². The van der Waals surface area contributed by atoms with Gasteiger partial charge in [0.1, 0.15) is 5.75 Å². The van der Waals surface area contributed by atoms with Gasteiger partial charge in [0, 0.05) is 45.3 Å². The minimum atomic E-state index is -0.267. The van der Waals surface area contributed by atoms with Crippen molar-refractivity contribution in [2.45, 2.75) is 38.7 Å². The number of carbonyl (C=O) groups is 2. The van der Waals surface area contributed by atoms with Crippen LogP contribution in [-0.4, -0.2) is 80.2 Å². The lowest BCUT2D eigenvalue weighted by Gasteiger charge is -2.38. The molecule has 3 rings (SSSR count). The summed E-state index contributed by atoms with van der Waals surface area (Å²) in [6, 6.07) is 3.12. The number of allylic oxidation sites excluding steroid dienone is 2. The van der Waals surface area contributed by atoms with Crippen LogP contribution in [0, 0.1) is 5.92 Å². The van der Waals surface area contributed by atoms with Crippen molar-refractivity contribution in [2.24, 2.45) is 5.92 Å². The monoisotopic (exact) mass is 518 g/mol. The molecule has 0 radical (unpaired) electrons. The van der Waals surface area contributed by atoms with Gasteiger partial charge in [0.2, 0.25) is 5.91 Å². The fourth-order valence-electron chi connectivity index (χ4n) is 4.60. The Morgan fingerprint density at radius 1 is 1.28 bits per heavy atom. The van der Waals surface area contributed by atoms with Gasteiger partial charge >= 0.3 is 0 Å². The first kappa shape index (κ1) is 28.0. The molecule has 2 fully saturated rings. The number of carbonyl (C=O) groups excluding carboxylic acids is 2. The average molecular weight is 519 g/mol. The molecule has 0 aliphatic carbocycles. The fourth-order valence-corrected chi connectivity index (χ4v) is 4.76. The molecule has 198 valence electrons. The third-order valence-corrected chi connectivity index (χ3v) is 6.92. The molecule has 2 amide bonds. The summed E-state index contributed by atoms with van der Waals surface area (Å²) in [4.78, 5) is 29.5. The Labute approximate surface area is 219 Å². The molecule has 8 nitrogen and oxygen atoms in total. The number of nitrogens with one attached hydrogen (secondary N) is 1. The lowest BCUT2D eigenvalue weighted by atomic mass is 9.95. The highest BCUT2D eigenvalue weighted by Crippen LogP contribution is 2.29. The van der Waals surface area contributed by atoms with Crippen LogP contribution in [0.5, 0.6) is 5.75 Å². The molecule has 0 saturated carbocycles. The predicted molar refractivity (Wildman–Crippen MR) is 143 cm³/mol. The summed E-state index contributed by atoms with van der Waals surface area (Å²) in [7, 11) is 0. The summed E-state index contributed by atoms with van der Waals surface area (Å²) in [5.41, 5.74) is 6.60. The molecule has 9 heteroatoms. The van der Waals surface area contributed by atoms with E-state index in [1.54, 1.807) is 18.2 Å². The molecule has 2 aliphatic heterocycles. The summed E-state index contributed by atoms with van der Waals surface area (Å²) < 4.78 is 11.5. The van der Waals surface area contributed by atoms with Gasteiger partial charge in [-0.3, -0.25) is 14.5 Å². The average Bonchev–Trinajstić information content (AvgIpc) is 2.88. The molecule has 1 aromatic carbocycles. The van der Waals surface area contributed by atoms with Crippen molar-refractivity contribution in [3.8, 4) is 5.75 Å². The lowest BCUT2D eigenvalue weighted by Crippen LogP contribution is -2.49. The molecule has 0 aromatic heterocycles. The van der Waals surface area contributed by atoms with Crippen LogP contribution in [0.3, 0.4) is 0 Å². The van der Waals surface area contributed by atoms with Crippen LogP contribution in [0.2, 0.25) is 5.02 Å². The normalized spacial score (nSPS) is 19.4. The van der Waals surface area contributed by atoms with Gasteiger partial charge in [-0.25, -0.2) is 0 Å². The van der Waals surface area contributed by atoms with Gasteiger partial charge in [0.25, 0.3) is 5.91 Å². The zero-order valence-corrected chi connectivity index (χ0v) is 22.0. The number of morpholine rings is 1. The van der Waals surface area contributed by atoms with E-state index in [0.29, 0.717) is 47.7 Å². The van der Waals surface area contributed by atoms with E-state index in [2.05, 4.69) is 16.8 Å². The number of anilines is 1. The molecule has 2 aliphatic rings. The molecule has 0 bridgehead atoms. The number of hydrogen-bond donors (Lipinski definition) is 2. The van der Waals surface area contributed by atoms with E-state index in [1.807, 2.05) is 24.0 Å². The highest BCUT2D eigenvalue weighted by molar-refractivity contribution is 6.33. The topological polar surface area (TPSA) is 97.1 Å². The van der Waals surface area contributed by atoms with Gasteiger partial charge < -0.3 is 25.4 Å². The van der Waals surface area contributed by atoms with Gasteiger partial charge in [-0.2, -0.15) is 0 Å². The van der Waals surface area contributed by atoms with Crippen LogP contribution in [-0.2, 0) is 9.53 Å². The molecule has 0 spiro atoms. The van der Waals surface area contributed by atoms with Crippen molar-refractivity contribution in [3.63, 3.8) is 0 Å². The molecule has 36 heavy (non-hydrogen) atoms. The number of amides is 2. The molecule has 2 heterocycles. The van der Waals surface area contributed by atoms with E-state index >= 15 is 0 Å². The second-order valence-corrected chi connectivity index (χ2v) is 9.71. The van der Waals surface area contributed by atoms with Crippen molar-refractivity contribution in [2.75, 3.05) is 58.2 Å². The van der Waals surface area contributed by atoms with Crippen LogP contribution >= 0.6 is 11.6 Å². The van der Waals surface area contributed by atoms with Gasteiger partial charge in [0.15, 0.2) is 0 Å². The van der Waals surface area contributed by atoms with E-state index in [1.165, 1.54) is 0 Å². The molecule has 1 atom stereocenters. The maximum atomic E-state index is 12.8. The fraction of sp³-hybridized carbons (Fsp3) is 0.556. The number of nitrogens with two attached hydrogens (primary N) is 1. The van der Waals surface area contributed by atoms with E-state index in [4.69, 9.17) is 26.8 Å². The molecular weight excluding hydrogens is 480 g/mol. The summed E-state index contributed by atoms with van der Waals surface area (Å²) >= 11 is 6.13. The molecule has 2 saturated heterocycles. The Hall–Kier alpha value is -2.55. The minimum Gasteiger partial charge on any atom is -0.493 e. The summed E-state index contributed by atoms with van der Waals surface area (Å²) in [5, 5.41) is 3.27. The third kappa shape index (κ3) is 8.25. The number of rotatable bonds is 11. The van der Waals surface area contributed by atoms with E-state index in [0.717, 1.165) is 58.4 Å². The number of likely N-dealkylation sites (tertiary alicyclic amines) is 1. The van der Waals surface area contributed by atoms with Crippen molar-refractivity contribution < 1.29 is 19.1 Å². The van der Waals surface area contributed by atoms with E-state index < -0.39 is 0 Å². The highest BCUT2D eigenvalue weighted by Gasteiger charge is 2.27. The van der Waals surface area contributed by atoms with E-state index in [-0.39, 0.29) is 17.9 Å². The third-order valence-electron chi connectivity index (χ3n) is 6.60. The summed E-state index contributed by atoms with van der Waals surface area (Å²) in [6.45, 7) is 11.2. The van der Waals surface area contributed by atoms with Gasteiger partial charge in [0.05, 0.1) is 35.6 Å². The molecule has 3 N–H and O–H groups in total. The first-order chi connectivity index (χ1) is 17.4. The number of benzene rings is 1. The van der Waals surface area contributed by atoms with Crippen LogP contribution in [0.15, 0.2) is 36.9 Å². The van der Waals surface area contributed by atoms with Gasteiger partial charge in [-0.15, -0.1) is 6.58 Å². The number of ether oxygens (including phenoxy) is 2. The van der Waals surface area contributed by atoms with E-state index in [9.17, 15) is 9.59 Å². The molecular formula is C27H39ClN4O4. The lowest BCUT2D eigenvalue weighted by molar-refractivity contribution is -0.127. The van der Waals surface area contributed by atoms with Crippen molar-refractivity contribution in [1.29, 1.82) is 0 Å². The van der Waals surface area contributed by atoms with Crippen LogP contribution in [0.25, 0.3) is 0 Å². The van der Waals surface area contributed by atoms with Crippen LogP contribution in [0.1, 0.15) is 43.0 Å². The Kier molecular flexibility index (Phi) is 11.1. The quantitative estimate of drug-likeness (QED) is 0.201. The number of unbranched alkanes of at least 4 members (excludes halogenated alkanes) is 1. The SMILES string of the molecule is C=CCC/C=C/C(=O)N1CCC(CN2CCOC(CNC(=O)c3cc(Cl)c(N)cc3OCC)C2)CC1. The Bertz CT molecular complexity index is 931. The molecule has 1 unspecified atom stereocenters. The maximum absolute atomic E-state index is 12.8. The number of halogens is 1. The number of nitrogen functional groups attached to an aromatic ring is 1. The Morgan fingerprint density at radius 3 is 2.78 bits per heavy atom. The predicted octanol–water partition coefficient (Wildman–Crippen LogP) is 3.51. The largest absolute Gasteiger partial charge is 0.493 e. The van der Waals surface area contributed by atoms with Gasteiger partial charge in [-0.05, 0) is 50.7 Å². The maximum Gasteiger partial charge on any atom is 0.255 e. The second kappa shape index (κ2) is 14.3. The first-order valence-electron chi connectivity index (χ1n) is 12.8. The molecule has 1 aromatic rings. The summed E-state index contributed by atoms with van der Waals surface area (Å²) in [5.74, 6) is 0.809. The minimum absolute atomic E-state index is 0.0927. The zero-order chi connectivity index (χ0) is 25.9. The summed E-state index contributed by atoms with van der Waals surface area (Å²) in [6.07, 6.45) is 9.14. The highest BCUT2D eigenvalue weighted by atomic mass is 35.5. The zero-order valence-electron chi connectivity index (χ0n) is 21.2.